The molecule has 0 aliphatic carbocycles. The van der Waals surface area contributed by atoms with E-state index in [1.807, 2.05) is 42.5 Å². The van der Waals surface area contributed by atoms with Gasteiger partial charge in [0.15, 0.2) is 5.82 Å². The van der Waals surface area contributed by atoms with Crippen LogP contribution in [0.4, 0.5) is 5.82 Å². The van der Waals surface area contributed by atoms with Gasteiger partial charge in [-0.25, -0.2) is 9.97 Å². The van der Waals surface area contributed by atoms with Crippen molar-refractivity contribution < 1.29 is 4.74 Å². The zero-order valence-electron chi connectivity index (χ0n) is 12.8. The Morgan fingerprint density at radius 2 is 2.00 bits per heavy atom. The summed E-state index contributed by atoms with van der Waals surface area (Å²) in [5.41, 5.74) is 1.69. The summed E-state index contributed by atoms with van der Waals surface area (Å²) in [6.07, 6.45) is 4.26. The third kappa shape index (κ3) is 3.00. The molecule has 1 N–H and O–H groups in total. The van der Waals surface area contributed by atoms with Crippen LogP contribution in [-0.2, 0) is 4.74 Å². The van der Waals surface area contributed by atoms with E-state index in [4.69, 9.17) is 9.72 Å². The first-order valence-electron chi connectivity index (χ1n) is 7.94. The van der Waals surface area contributed by atoms with E-state index in [0.29, 0.717) is 5.82 Å². The van der Waals surface area contributed by atoms with Gasteiger partial charge in [0.05, 0.1) is 11.6 Å². The van der Waals surface area contributed by atoms with Crippen LogP contribution in [0, 0.1) is 0 Å². The van der Waals surface area contributed by atoms with Gasteiger partial charge >= 0.3 is 0 Å². The fraction of sp³-hybridized carbons (Fsp3) is 0.278. The van der Waals surface area contributed by atoms with Crippen LogP contribution in [0.5, 0.6) is 0 Å². The number of anilines is 1. The predicted molar refractivity (Wildman–Crippen MR) is 90.2 cm³/mol. The summed E-state index contributed by atoms with van der Waals surface area (Å²) in [5.74, 6) is 1.48. The highest BCUT2D eigenvalue weighted by Gasteiger charge is 2.16. The van der Waals surface area contributed by atoms with Crippen molar-refractivity contribution in [2.75, 3.05) is 18.5 Å². The van der Waals surface area contributed by atoms with Gasteiger partial charge in [0.1, 0.15) is 11.5 Å². The van der Waals surface area contributed by atoms with Crippen LogP contribution < -0.4 is 5.32 Å². The Morgan fingerprint density at radius 1 is 1.09 bits per heavy atom. The SMILES string of the molecule is c1ccc(-c2nc(NC[C@H]3CCCO3)c3ccccc3n2)nc1. The first-order valence-corrected chi connectivity index (χ1v) is 7.94. The maximum Gasteiger partial charge on any atom is 0.180 e. The van der Waals surface area contributed by atoms with E-state index in [-0.39, 0.29) is 6.10 Å². The molecule has 3 heterocycles. The number of fused-ring (bicyclic) bond motifs is 1. The molecule has 3 aromatic rings. The van der Waals surface area contributed by atoms with E-state index < -0.39 is 0 Å². The molecule has 0 spiro atoms. The average Bonchev–Trinajstić information content (AvgIpc) is 3.14. The summed E-state index contributed by atoms with van der Waals surface area (Å²) in [5, 5.41) is 4.45. The van der Waals surface area contributed by atoms with Gasteiger partial charge in [-0.3, -0.25) is 4.98 Å². The first kappa shape index (κ1) is 14.1. The molecule has 23 heavy (non-hydrogen) atoms. The third-order valence-corrected chi connectivity index (χ3v) is 4.02. The van der Waals surface area contributed by atoms with Crippen LogP contribution in [0.1, 0.15) is 12.8 Å². The number of benzene rings is 1. The molecule has 5 heteroatoms. The lowest BCUT2D eigenvalue weighted by Crippen LogP contribution is -2.19. The number of hydrogen-bond donors (Lipinski definition) is 1. The number of ether oxygens (including phenoxy) is 1. The number of hydrogen-bond acceptors (Lipinski definition) is 5. The summed E-state index contributed by atoms with van der Waals surface area (Å²) in [4.78, 5) is 13.7. The minimum Gasteiger partial charge on any atom is -0.376 e. The largest absolute Gasteiger partial charge is 0.376 e. The Morgan fingerprint density at radius 3 is 2.83 bits per heavy atom. The molecule has 4 rings (SSSR count). The van der Waals surface area contributed by atoms with Gasteiger partial charge in [0.2, 0.25) is 0 Å². The van der Waals surface area contributed by atoms with Gasteiger partial charge in [-0.15, -0.1) is 0 Å². The minimum absolute atomic E-state index is 0.266. The summed E-state index contributed by atoms with van der Waals surface area (Å²) >= 11 is 0. The Balaban J connectivity index is 1.71. The summed E-state index contributed by atoms with van der Waals surface area (Å²) in [6, 6.07) is 13.8. The Kier molecular flexibility index (Phi) is 3.86. The molecule has 1 aromatic carbocycles. The molecule has 0 bridgehead atoms. The van der Waals surface area contributed by atoms with E-state index in [2.05, 4.69) is 15.3 Å². The second-order valence-corrected chi connectivity index (χ2v) is 5.64. The molecule has 5 nitrogen and oxygen atoms in total. The van der Waals surface area contributed by atoms with Crippen LogP contribution in [0.15, 0.2) is 48.7 Å². The predicted octanol–water partition coefficient (Wildman–Crippen LogP) is 3.28. The van der Waals surface area contributed by atoms with Gasteiger partial charge in [0.25, 0.3) is 0 Å². The number of pyridine rings is 1. The Labute approximate surface area is 134 Å². The number of nitrogens with zero attached hydrogens (tertiary/aromatic N) is 3. The average molecular weight is 306 g/mol. The second kappa shape index (κ2) is 6.30. The lowest BCUT2D eigenvalue weighted by Gasteiger charge is -2.14. The molecule has 2 aromatic heterocycles. The van der Waals surface area contributed by atoms with Gasteiger partial charge in [-0.2, -0.15) is 0 Å². The topological polar surface area (TPSA) is 59.9 Å². The van der Waals surface area contributed by atoms with Gasteiger partial charge in [0, 0.05) is 24.7 Å². The number of rotatable bonds is 4. The molecule has 1 atom stereocenters. The summed E-state index contributed by atoms with van der Waals surface area (Å²) < 4.78 is 5.68. The molecule has 0 radical (unpaired) electrons. The van der Waals surface area contributed by atoms with E-state index >= 15 is 0 Å². The molecule has 0 saturated carbocycles. The van der Waals surface area contributed by atoms with Crippen molar-refractivity contribution >= 4 is 16.7 Å². The fourth-order valence-electron chi connectivity index (χ4n) is 2.84. The normalized spacial score (nSPS) is 17.5. The molecule has 1 fully saturated rings. The maximum absolute atomic E-state index is 5.68. The highest BCUT2D eigenvalue weighted by Crippen LogP contribution is 2.24. The zero-order chi connectivity index (χ0) is 15.5. The highest BCUT2D eigenvalue weighted by molar-refractivity contribution is 5.90. The van der Waals surface area contributed by atoms with Crippen LogP contribution in [0.25, 0.3) is 22.4 Å². The third-order valence-electron chi connectivity index (χ3n) is 4.02. The van der Waals surface area contributed by atoms with Gasteiger partial charge in [-0.05, 0) is 37.1 Å². The van der Waals surface area contributed by atoms with Crippen molar-refractivity contribution in [3.05, 3.63) is 48.7 Å². The number of nitrogens with one attached hydrogen (secondary N) is 1. The van der Waals surface area contributed by atoms with E-state index in [9.17, 15) is 0 Å². The van der Waals surface area contributed by atoms with Gasteiger partial charge in [-0.1, -0.05) is 18.2 Å². The molecule has 1 aliphatic rings. The Bertz CT molecular complexity index is 800. The minimum atomic E-state index is 0.266. The molecule has 0 unspecified atom stereocenters. The quantitative estimate of drug-likeness (QED) is 0.801. The fourth-order valence-corrected chi connectivity index (χ4v) is 2.84. The van der Waals surface area contributed by atoms with Crippen molar-refractivity contribution in [3.8, 4) is 11.5 Å². The maximum atomic E-state index is 5.68. The van der Waals surface area contributed by atoms with E-state index in [0.717, 1.165) is 48.4 Å². The van der Waals surface area contributed by atoms with E-state index in [1.165, 1.54) is 0 Å². The monoisotopic (exact) mass is 306 g/mol. The molecule has 116 valence electrons. The van der Waals surface area contributed by atoms with Crippen LogP contribution in [0.3, 0.4) is 0 Å². The number of aromatic nitrogens is 3. The zero-order valence-corrected chi connectivity index (χ0v) is 12.8. The van der Waals surface area contributed by atoms with Crippen molar-refractivity contribution in [1.29, 1.82) is 0 Å². The Hall–Kier alpha value is -2.53. The van der Waals surface area contributed by atoms with Crippen molar-refractivity contribution in [2.45, 2.75) is 18.9 Å². The highest BCUT2D eigenvalue weighted by atomic mass is 16.5. The molecular weight excluding hydrogens is 288 g/mol. The standard InChI is InChI=1S/C18H18N4O/c1-2-8-15-14(7-1)17(20-12-13-6-5-11-23-13)22-18(21-15)16-9-3-4-10-19-16/h1-4,7-10,13H,5-6,11-12H2,(H,20,21,22)/t13-/m1/s1. The van der Waals surface area contributed by atoms with Crippen LogP contribution >= 0.6 is 0 Å². The van der Waals surface area contributed by atoms with Crippen molar-refractivity contribution in [2.24, 2.45) is 0 Å². The summed E-state index contributed by atoms with van der Waals surface area (Å²) in [7, 11) is 0. The first-order chi connectivity index (χ1) is 11.4. The molecular formula is C18H18N4O. The molecule has 0 amide bonds. The summed E-state index contributed by atoms with van der Waals surface area (Å²) in [6.45, 7) is 1.62. The van der Waals surface area contributed by atoms with E-state index in [1.54, 1.807) is 6.20 Å². The molecule has 1 saturated heterocycles. The smallest absolute Gasteiger partial charge is 0.180 e. The van der Waals surface area contributed by atoms with Crippen molar-refractivity contribution in [3.63, 3.8) is 0 Å². The lowest BCUT2D eigenvalue weighted by molar-refractivity contribution is 0.120. The number of para-hydroxylation sites is 1. The van der Waals surface area contributed by atoms with Crippen LogP contribution in [0.2, 0.25) is 0 Å². The molecule has 1 aliphatic heterocycles. The van der Waals surface area contributed by atoms with Crippen molar-refractivity contribution in [1.82, 2.24) is 15.0 Å². The lowest BCUT2D eigenvalue weighted by atomic mass is 10.2. The van der Waals surface area contributed by atoms with Crippen LogP contribution in [-0.4, -0.2) is 34.2 Å². The second-order valence-electron chi connectivity index (χ2n) is 5.64. The van der Waals surface area contributed by atoms with Gasteiger partial charge < -0.3 is 10.1 Å².